The third kappa shape index (κ3) is 18.4. The highest BCUT2D eigenvalue weighted by molar-refractivity contribution is 5.75. The number of hydrogen-bond acceptors (Lipinski definition) is 3. The molecule has 0 atom stereocenters. The molecule has 0 aromatic heterocycles. The number of carbonyl (C=O) groups excluding carboxylic acids is 1. The van der Waals surface area contributed by atoms with Crippen LogP contribution in [0.25, 0.3) is 0 Å². The van der Waals surface area contributed by atoms with Crippen LogP contribution < -0.4 is 5.43 Å². The fraction of sp³-hybridized carbons (Fsp3) is 0.889. The van der Waals surface area contributed by atoms with Gasteiger partial charge in [0, 0.05) is 32.6 Å². The topological polar surface area (TPSA) is 35.6 Å². The summed E-state index contributed by atoms with van der Waals surface area (Å²) in [4.78, 5) is 14.3. The van der Waals surface area contributed by atoms with Gasteiger partial charge in [-0.05, 0) is 39.2 Å². The first-order chi connectivity index (χ1) is 15.2. The van der Waals surface area contributed by atoms with E-state index in [2.05, 4.69) is 41.5 Å². The zero-order chi connectivity index (χ0) is 22.4. The molecule has 0 aliphatic carbocycles. The van der Waals surface area contributed by atoms with E-state index in [4.69, 9.17) is 0 Å². The van der Waals surface area contributed by atoms with Gasteiger partial charge in [-0.3, -0.25) is 10.2 Å². The number of hydrogen-bond donors (Lipinski definition) is 1. The third-order valence-electron chi connectivity index (χ3n) is 6.45. The molecule has 4 nitrogen and oxygen atoms in total. The molecule has 1 aliphatic rings. The molecule has 1 aliphatic heterocycles. The van der Waals surface area contributed by atoms with Gasteiger partial charge in [0.15, 0.2) is 0 Å². The van der Waals surface area contributed by atoms with Crippen molar-refractivity contribution in [1.29, 1.82) is 0 Å². The average molecular weight is 436 g/mol. The number of piperazine rings is 1. The molecule has 0 saturated carbocycles. The molecular formula is C27H53N3O. The lowest BCUT2D eigenvalue weighted by molar-refractivity contribution is -0.126. The van der Waals surface area contributed by atoms with Crippen molar-refractivity contribution in [2.45, 2.75) is 122 Å². The molecule has 0 radical (unpaired) electrons. The lowest BCUT2D eigenvalue weighted by Gasteiger charge is -2.32. The predicted molar refractivity (Wildman–Crippen MR) is 135 cm³/mol. The molecule has 1 amide bonds. The summed E-state index contributed by atoms with van der Waals surface area (Å²) >= 11 is 0. The highest BCUT2D eigenvalue weighted by atomic mass is 16.2. The van der Waals surface area contributed by atoms with Crippen molar-refractivity contribution >= 4 is 5.91 Å². The molecule has 0 aromatic carbocycles. The first kappa shape index (κ1) is 28.2. The fourth-order valence-corrected chi connectivity index (χ4v) is 4.21. The van der Waals surface area contributed by atoms with Crippen molar-refractivity contribution in [3.8, 4) is 0 Å². The Labute approximate surface area is 194 Å². The third-order valence-corrected chi connectivity index (χ3v) is 6.45. The summed E-state index contributed by atoms with van der Waals surface area (Å²) in [7, 11) is 2.13. The number of rotatable bonds is 20. The van der Waals surface area contributed by atoms with Gasteiger partial charge < -0.3 is 4.90 Å². The molecule has 0 aromatic rings. The number of unbranched alkanes of at least 4 members (excludes halogenated alkanes) is 15. The van der Waals surface area contributed by atoms with Crippen molar-refractivity contribution in [1.82, 2.24) is 15.3 Å². The second kappa shape index (κ2) is 21.0. The van der Waals surface area contributed by atoms with E-state index >= 15 is 0 Å². The molecule has 0 bridgehead atoms. The Hall–Kier alpha value is -0.870. The van der Waals surface area contributed by atoms with Crippen molar-refractivity contribution in [3.05, 3.63) is 12.2 Å². The maximum absolute atomic E-state index is 12.0. The number of likely N-dealkylation sites (N-methyl/N-ethyl adjacent to an activating group) is 1. The van der Waals surface area contributed by atoms with Gasteiger partial charge in [-0.25, -0.2) is 5.01 Å². The molecule has 1 N–H and O–H groups in total. The van der Waals surface area contributed by atoms with Crippen LogP contribution in [0, 0.1) is 0 Å². The number of allylic oxidation sites excluding steroid dienone is 2. The lowest BCUT2D eigenvalue weighted by Crippen LogP contribution is -2.52. The largest absolute Gasteiger partial charge is 0.304 e. The van der Waals surface area contributed by atoms with Gasteiger partial charge in [0.25, 0.3) is 0 Å². The van der Waals surface area contributed by atoms with Crippen LogP contribution in [0.1, 0.15) is 122 Å². The van der Waals surface area contributed by atoms with Crippen molar-refractivity contribution in [2.75, 3.05) is 33.2 Å². The summed E-state index contributed by atoms with van der Waals surface area (Å²) in [5.41, 5.74) is 3.06. The summed E-state index contributed by atoms with van der Waals surface area (Å²) in [6.07, 6.45) is 28.1. The summed E-state index contributed by atoms with van der Waals surface area (Å²) in [5, 5.41) is 2.08. The highest BCUT2D eigenvalue weighted by Gasteiger charge is 2.15. The summed E-state index contributed by atoms with van der Waals surface area (Å²) in [6.45, 7) is 6.24. The Morgan fingerprint density at radius 3 is 1.65 bits per heavy atom. The Kier molecular flexibility index (Phi) is 19.1. The van der Waals surface area contributed by atoms with Gasteiger partial charge in [0.1, 0.15) is 0 Å². The Morgan fingerprint density at radius 1 is 0.677 bits per heavy atom. The molecule has 1 fully saturated rings. The van der Waals surface area contributed by atoms with E-state index in [1.54, 1.807) is 0 Å². The van der Waals surface area contributed by atoms with Crippen LogP contribution in [0.5, 0.6) is 0 Å². The van der Waals surface area contributed by atoms with E-state index in [1.165, 1.54) is 103 Å². The van der Waals surface area contributed by atoms with E-state index < -0.39 is 0 Å². The average Bonchev–Trinajstić information content (AvgIpc) is 2.77. The summed E-state index contributed by atoms with van der Waals surface area (Å²) < 4.78 is 0. The van der Waals surface area contributed by atoms with Crippen LogP contribution in [0.4, 0.5) is 0 Å². The minimum atomic E-state index is 0.200. The second-order valence-corrected chi connectivity index (χ2v) is 9.57. The molecular weight excluding hydrogens is 382 g/mol. The number of carbonyl (C=O) groups is 1. The van der Waals surface area contributed by atoms with Crippen LogP contribution in [-0.2, 0) is 4.79 Å². The number of nitrogens with one attached hydrogen (secondary N) is 1. The van der Waals surface area contributed by atoms with Gasteiger partial charge in [0.05, 0.1) is 0 Å². The zero-order valence-electron chi connectivity index (χ0n) is 21.0. The number of hydrazine groups is 1. The van der Waals surface area contributed by atoms with Gasteiger partial charge in [0.2, 0.25) is 5.91 Å². The second-order valence-electron chi connectivity index (χ2n) is 9.57. The smallest absolute Gasteiger partial charge is 0.234 e. The van der Waals surface area contributed by atoms with E-state index in [-0.39, 0.29) is 5.91 Å². The van der Waals surface area contributed by atoms with Crippen molar-refractivity contribution < 1.29 is 4.79 Å². The molecule has 1 heterocycles. The highest BCUT2D eigenvalue weighted by Crippen LogP contribution is 2.12. The standard InChI is InChI=1S/C27H53N3O/c1-3-4-5-6-7-8-9-10-11-12-13-14-15-16-17-18-19-20-21-22-27(31)28-30-25-23-29(2)24-26-30/h10-11H,3-9,12-26H2,1-2H3,(H,28,31). The van der Waals surface area contributed by atoms with Crippen molar-refractivity contribution in [2.24, 2.45) is 0 Å². The summed E-state index contributed by atoms with van der Waals surface area (Å²) in [6, 6.07) is 0. The van der Waals surface area contributed by atoms with Gasteiger partial charge in [-0.2, -0.15) is 0 Å². The summed E-state index contributed by atoms with van der Waals surface area (Å²) in [5.74, 6) is 0.200. The quantitative estimate of drug-likeness (QED) is 0.167. The van der Waals surface area contributed by atoms with E-state index in [9.17, 15) is 4.79 Å². The zero-order valence-corrected chi connectivity index (χ0v) is 21.0. The van der Waals surface area contributed by atoms with Crippen LogP contribution in [-0.4, -0.2) is 49.0 Å². The van der Waals surface area contributed by atoms with Crippen LogP contribution in [0.15, 0.2) is 12.2 Å². The Bertz CT molecular complexity index is 430. The van der Waals surface area contributed by atoms with E-state index in [0.717, 1.165) is 32.6 Å². The molecule has 1 rings (SSSR count). The minimum absolute atomic E-state index is 0.200. The number of nitrogens with zero attached hydrogens (tertiary/aromatic N) is 2. The maximum atomic E-state index is 12.0. The molecule has 4 heteroatoms. The van der Waals surface area contributed by atoms with Gasteiger partial charge in [-0.15, -0.1) is 0 Å². The van der Waals surface area contributed by atoms with Crippen LogP contribution in [0.3, 0.4) is 0 Å². The van der Waals surface area contributed by atoms with Crippen LogP contribution >= 0.6 is 0 Å². The first-order valence-electron chi connectivity index (χ1n) is 13.6. The number of amides is 1. The van der Waals surface area contributed by atoms with Crippen LogP contribution in [0.2, 0.25) is 0 Å². The fourth-order valence-electron chi connectivity index (χ4n) is 4.21. The normalized spacial score (nSPS) is 15.7. The maximum Gasteiger partial charge on any atom is 0.234 e. The van der Waals surface area contributed by atoms with E-state index in [0.29, 0.717) is 6.42 Å². The van der Waals surface area contributed by atoms with E-state index in [1.807, 2.05) is 0 Å². The SMILES string of the molecule is CCCCCCCCC=CCCCCCCCCCCCC(=O)NN1CCN(C)CC1. The molecule has 31 heavy (non-hydrogen) atoms. The van der Waals surface area contributed by atoms with Crippen molar-refractivity contribution in [3.63, 3.8) is 0 Å². The van der Waals surface area contributed by atoms with Gasteiger partial charge >= 0.3 is 0 Å². The van der Waals surface area contributed by atoms with Gasteiger partial charge in [-0.1, -0.05) is 96.1 Å². The monoisotopic (exact) mass is 435 g/mol. The molecule has 0 spiro atoms. The Morgan fingerprint density at radius 2 is 1.13 bits per heavy atom. The minimum Gasteiger partial charge on any atom is -0.304 e. The Balaban J connectivity index is 1.75. The first-order valence-corrected chi connectivity index (χ1v) is 13.6. The molecule has 182 valence electrons. The molecule has 1 saturated heterocycles. The lowest BCUT2D eigenvalue weighted by atomic mass is 10.1. The predicted octanol–water partition coefficient (Wildman–Crippen LogP) is 6.86. The molecule has 0 unspecified atom stereocenters.